The SMILES string of the molecule is CCOC(=O)c1ccccc1NC(=O)c1cc(-c2cccs2)n(C)n1. The van der Waals surface area contributed by atoms with Gasteiger partial charge in [0, 0.05) is 7.05 Å². The minimum Gasteiger partial charge on any atom is -0.462 e. The Morgan fingerprint density at radius 3 is 2.76 bits per heavy atom. The van der Waals surface area contributed by atoms with Crippen LogP contribution in [0.3, 0.4) is 0 Å². The molecule has 1 aromatic carbocycles. The molecule has 0 radical (unpaired) electrons. The van der Waals surface area contributed by atoms with Crippen LogP contribution < -0.4 is 5.32 Å². The smallest absolute Gasteiger partial charge is 0.340 e. The van der Waals surface area contributed by atoms with Crippen LogP contribution in [0.4, 0.5) is 5.69 Å². The second-order valence-corrected chi connectivity index (χ2v) is 6.18. The van der Waals surface area contributed by atoms with Crippen LogP contribution in [0.2, 0.25) is 0 Å². The molecule has 0 saturated carbocycles. The van der Waals surface area contributed by atoms with Crippen molar-refractivity contribution in [3.8, 4) is 10.6 Å². The first-order valence-electron chi connectivity index (χ1n) is 7.75. The van der Waals surface area contributed by atoms with Gasteiger partial charge in [-0.25, -0.2) is 4.79 Å². The molecule has 0 fully saturated rings. The van der Waals surface area contributed by atoms with Crippen LogP contribution in [0, 0.1) is 0 Å². The Balaban J connectivity index is 1.84. The summed E-state index contributed by atoms with van der Waals surface area (Å²) in [4.78, 5) is 25.6. The van der Waals surface area contributed by atoms with Crippen molar-refractivity contribution in [3.63, 3.8) is 0 Å². The molecule has 0 aliphatic heterocycles. The molecule has 7 heteroatoms. The van der Waals surface area contributed by atoms with Gasteiger partial charge in [-0.15, -0.1) is 11.3 Å². The molecule has 0 saturated heterocycles. The van der Waals surface area contributed by atoms with E-state index in [9.17, 15) is 9.59 Å². The number of nitrogens with zero attached hydrogens (tertiary/aromatic N) is 2. The Hall–Kier alpha value is -2.93. The lowest BCUT2D eigenvalue weighted by Gasteiger charge is -2.09. The predicted molar refractivity (Wildman–Crippen MR) is 96.9 cm³/mol. The van der Waals surface area contributed by atoms with Crippen molar-refractivity contribution in [2.75, 3.05) is 11.9 Å². The zero-order valence-electron chi connectivity index (χ0n) is 13.9. The monoisotopic (exact) mass is 355 g/mol. The number of anilines is 1. The fourth-order valence-electron chi connectivity index (χ4n) is 2.40. The molecule has 128 valence electrons. The van der Waals surface area contributed by atoms with Crippen molar-refractivity contribution < 1.29 is 14.3 Å². The second-order valence-electron chi connectivity index (χ2n) is 5.24. The zero-order chi connectivity index (χ0) is 17.8. The zero-order valence-corrected chi connectivity index (χ0v) is 14.7. The fraction of sp³-hybridized carbons (Fsp3) is 0.167. The summed E-state index contributed by atoms with van der Waals surface area (Å²) in [5, 5.41) is 8.98. The third kappa shape index (κ3) is 3.61. The van der Waals surface area contributed by atoms with Crippen molar-refractivity contribution in [2.24, 2.45) is 7.05 Å². The molecule has 0 aliphatic carbocycles. The summed E-state index contributed by atoms with van der Waals surface area (Å²) >= 11 is 1.58. The lowest BCUT2D eigenvalue weighted by atomic mass is 10.1. The summed E-state index contributed by atoms with van der Waals surface area (Å²) in [6.07, 6.45) is 0. The quantitative estimate of drug-likeness (QED) is 0.710. The van der Waals surface area contributed by atoms with Crippen molar-refractivity contribution in [1.29, 1.82) is 0 Å². The summed E-state index contributed by atoms with van der Waals surface area (Å²) in [6, 6.07) is 12.4. The molecule has 3 rings (SSSR count). The number of thiophene rings is 1. The predicted octanol–water partition coefficient (Wildman–Crippen LogP) is 3.58. The Morgan fingerprint density at radius 2 is 2.04 bits per heavy atom. The molecule has 0 atom stereocenters. The third-order valence-electron chi connectivity index (χ3n) is 3.56. The van der Waals surface area contributed by atoms with Crippen LogP contribution in [0.15, 0.2) is 47.8 Å². The molecular weight excluding hydrogens is 338 g/mol. The average molecular weight is 355 g/mol. The van der Waals surface area contributed by atoms with Crippen molar-refractivity contribution in [2.45, 2.75) is 6.92 Å². The van der Waals surface area contributed by atoms with Gasteiger partial charge in [0.15, 0.2) is 5.69 Å². The molecular formula is C18H17N3O3S. The summed E-state index contributed by atoms with van der Waals surface area (Å²) in [7, 11) is 1.79. The van der Waals surface area contributed by atoms with Crippen molar-refractivity contribution in [3.05, 3.63) is 59.1 Å². The van der Waals surface area contributed by atoms with Crippen LogP contribution in [0.5, 0.6) is 0 Å². The average Bonchev–Trinajstić information content (AvgIpc) is 3.24. The minimum atomic E-state index is -0.473. The minimum absolute atomic E-state index is 0.269. The second kappa shape index (κ2) is 7.31. The number of rotatable bonds is 5. The van der Waals surface area contributed by atoms with E-state index in [0.717, 1.165) is 10.6 Å². The van der Waals surface area contributed by atoms with E-state index >= 15 is 0 Å². The normalized spacial score (nSPS) is 10.5. The summed E-state index contributed by atoms with van der Waals surface area (Å²) in [6.45, 7) is 2.00. The first-order valence-corrected chi connectivity index (χ1v) is 8.63. The van der Waals surface area contributed by atoms with Gasteiger partial charge < -0.3 is 10.1 Å². The lowest BCUT2D eigenvalue weighted by molar-refractivity contribution is 0.0527. The molecule has 0 aliphatic rings. The molecule has 0 spiro atoms. The van der Waals surface area contributed by atoms with E-state index in [2.05, 4.69) is 10.4 Å². The van der Waals surface area contributed by atoms with E-state index in [0.29, 0.717) is 11.3 Å². The number of benzene rings is 1. The number of para-hydroxylation sites is 1. The van der Waals surface area contributed by atoms with Gasteiger partial charge in [-0.3, -0.25) is 9.48 Å². The summed E-state index contributed by atoms with van der Waals surface area (Å²) in [5.74, 6) is -0.853. The molecule has 6 nitrogen and oxygen atoms in total. The summed E-state index contributed by atoms with van der Waals surface area (Å²) in [5.41, 5.74) is 1.85. The number of aryl methyl sites for hydroxylation is 1. The van der Waals surface area contributed by atoms with Gasteiger partial charge in [-0.1, -0.05) is 18.2 Å². The van der Waals surface area contributed by atoms with E-state index in [1.165, 1.54) is 0 Å². The van der Waals surface area contributed by atoms with Gasteiger partial charge in [0.1, 0.15) is 0 Å². The van der Waals surface area contributed by atoms with E-state index in [4.69, 9.17) is 4.74 Å². The summed E-state index contributed by atoms with van der Waals surface area (Å²) < 4.78 is 6.68. The number of carbonyl (C=O) groups is 2. The Kier molecular flexibility index (Phi) is 4.95. The number of hydrogen-bond acceptors (Lipinski definition) is 5. The number of ether oxygens (including phenoxy) is 1. The Labute approximate surface area is 149 Å². The van der Waals surface area contributed by atoms with Gasteiger partial charge in [0.05, 0.1) is 28.4 Å². The molecule has 1 N–H and O–H groups in total. The molecule has 1 amide bonds. The van der Waals surface area contributed by atoms with Gasteiger partial charge in [0.25, 0.3) is 5.91 Å². The van der Waals surface area contributed by atoms with E-state index in [1.807, 2.05) is 17.5 Å². The Morgan fingerprint density at radius 1 is 1.24 bits per heavy atom. The number of hydrogen-bond donors (Lipinski definition) is 1. The number of aromatic nitrogens is 2. The number of amides is 1. The topological polar surface area (TPSA) is 73.2 Å². The first-order chi connectivity index (χ1) is 12.1. The fourth-order valence-corrected chi connectivity index (χ4v) is 3.17. The van der Waals surface area contributed by atoms with Crippen LogP contribution >= 0.6 is 11.3 Å². The van der Waals surface area contributed by atoms with Crippen LogP contribution in [-0.4, -0.2) is 28.3 Å². The highest BCUT2D eigenvalue weighted by atomic mass is 32.1. The highest BCUT2D eigenvalue weighted by Crippen LogP contribution is 2.25. The van der Waals surface area contributed by atoms with Gasteiger partial charge in [-0.05, 0) is 36.6 Å². The number of nitrogens with one attached hydrogen (secondary N) is 1. The maximum atomic E-state index is 12.5. The van der Waals surface area contributed by atoms with Crippen molar-refractivity contribution >= 4 is 28.9 Å². The molecule has 0 bridgehead atoms. The maximum absolute atomic E-state index is 12.5. The largest absolute Gasteiger partial charge is 0.462 e. The molecule has 0 unspecified atom stereocenters. The molecule has 2 heterocycles. The Bertz CT molecular complexity index is 900. The van der Waals surface area contributed by atoms with E-state index < -0.39 is 5.97 Å². The number of carbonyl (C=O) groups excluding carboxylic acids is 2. The van der Waals surface area contributed by atoms with Gasteiger partial charge >= 0.3 is 5.97 Å². The standard InChI is InChI=1S/C18H17N3O3S/c1-3-24-18(23)12-7-4-5-8-13(12)19-17(22)14-11-15(21(2)20-14)16-9-6-10-25-16/h4-11H,3H2,1-2H3,(H,19,22). The van der Waals surface area contributed by atoms with Crippen LogP contribution in [0.1, 0.15) is 27.8 Å². The maximum Gasteiger partial charge on any atom is 0.340 e. The molecule has 25 heavy (non-hydrogen) atoms. The van der Waals surface area contributed by atoms with Crippen LogP contribution in [-0.2, 0) is 11.8 Å². The van der Waals surface area contributed by atoms with Gasteiger partial charge in [-0.2, -0.15) is 5.10 Å². The van der Waals surface area contributed by atoms with Crippen molar-refractivity contribution in [1.82, 2.24) is 9.78 Å². The highest BCUT2D eigenvalue weighted by molar-refractivity contribution is 7.13. The lowest BCUT2D eigenvalue weighted by Crippen LogP contribution is -2.16. The number of esters is 1. The highest BCUT2D eigenvalue weighted by Gasteiger charge is 2.18. The molecule has 3 aromatic rings. The van der Waals surface area contributed by atoms with E-state index in [1.54, 1.807) is 60.3 Å². The third-order valence-corrected chi connectivity index (χ3v) is 4.45. The van der Waals surface area contributed by atoms with Gasteiger partial charge in [0.2, 0.25) is 0 Å². The van der Waals surface area contributed by atoms with E-state index in [-0.39, 0.29) is 18.2 Å². The van der Waals surface area contributed by atoms with Crippen LogP contribution in [0.25, 0.3) is 10.6 Å². The molecule has 2 aromatic heterocycles. The first kappa shape index (κ1) is 16.9.